The van der Waals surface area contributed by atoms with Crippen molar-refractivity contribution < 1.29 is 45.8 Å². The third-order valence-corrected chi connectivity index (χ3v) is 7.88. The molecule has 1 aliphatic carbocycles. The first kappa shape index (κ1) is 32.3. The van der Waals surface area contributed by atoms with E-state index in [4.69, 9.17) is 0 Å². The Morgan fingerprint density at radius 1 is 0.884 bits per heavy atom. The van der Waals surface area contributed by atoms with Crippen molar-refractivity contribution in [2.75, 3.05) is 26.2 Å². The molecule has 2 fully saturated rings. The predicted octanol–water partition coefficient (Wildman–Crippen LogP) is 3.75. The second-order valence-corrected chi connectivity index (χ2v) is 10.9. The van der Waals surface area contributed by atoms with Gasteiger partial charge in [-0.3, -0.25) is 19.3 Å². The van der Waals surface area contributed by atoms with Crippen LogP contribution < -0.4 is 16.0 Å². The number of rotatable bonds is 8. The van der Waals surface area contributed by atoms with Crippen LogP contribution in [-0.2, 0) is 16.6 Å². The zero-order valence-corrected chi connectivity index (χ0v) is 23.0. The molecule has 0 bridgehead atoms. The van der Waals surface area contributed by atoms with E-state index in [1.165, 1.54) is 18.2 Å². The van der Waals surface area contributed by atoms with Crippen LogP contribution in [0.4, 0.5) is 26.3 Å². The summed E-state index contributed by atoms with van der Waals surface area (Å²) in [7, 11) is 0. The SMILES string of the molecule is O=C(CNC(=O)c1cccc(C(F)(F)F)c1)N[C@@H]1CCN(C2CCC(O)(c3ccc(C(=O)NCC(F)(F)F)cc3)CC2)C1. The van der Waals surface area contributed by atoms with Crippen LogP contribution in [0, 0.1) is 0 Å². The highest BCUT2D eigenvalue weighted by Crippen LogP contribution is 2.39. The van der Waals surface area contributed by atoms with Gasteiger partial charge in [0, 0.05) is 36.3 Å². The maximum Gasteiger partial charge on any atom is 0.416 e. The second kappa shape index (κ2) is 12.9. The van der Waals surface area contributed by atoms with Crippen LogP contribution in [-0.4, -0.2) is 72.2 Å². The summed E-state index contributed by atoms with van der Waals surface area (Å²) in [6.07, 6.45) is -6.23. The number of amides is 3. The molecule has 1 atom stereocenters. The quantitative estimate of drug-likeness (QED) is 0.339. The third-order valence-electron chi connectivity index (χ3n) is 7.88. The van der Waals surface area contributed by atoms with E-state index in [0.29, 0.717) is 50.8 Å². The average Bonchev–Trinajstić information content (AvgIpc) is 3.42. The first-order valence-electron chi connectivity index (χ1n) is 13.8. The molecule has 0 aromatic heterocycles. The van der Waals surface area contributed by atoms with Gasteiger partial charge in [-0.1, -0.05) is 18.2 Å². The molecule has 4 rings (SSSR count). The molecule has 14 heteroatoms. The first-order valence-corrected chi connectivity index (χ1v) is 13.8. The van der Waals surface area contributed by atoms with E-state index in [1.54, 1.807) is 12.1 Å². The molecule has 1 heterocycles. The van der Waals surface area contributed by atoms with Gasteiger partial charge in [0.2, 0.25) is 5.91 Å². The van der Waals surface area contributed by atoms with Crippen LogP contribution >= 0.6 is 0 Å². The van der Waals surface area contributed by atoms with Crippen molar-refractivity contribution in [3.63, 3.8) is 0 Å². The molecule has 43 heavy (non-hydrogen) atoms. The summed E-state index contributed by atoms with van der Waals surface area (Å²) in [5.74, 6) is -2.10. The predicted molar refractivity (Wildman–Crippen MR) is 143 cm³/mol. The Labute approximate surface area is 243 Å². The number of benzene rings is 2. The molecule has 0 spiro atoms. The lowest BCUT2D eigenvalue weighted by Gasteiger charge is -2.40. The van der Waals surface area contributed by atoms with Gasteiger partial charge in [0.1, 0.15) is 6.54 Å². The van der Waals surface area contributed by atoms with Gasteiger partial charge in [0.25, 0.3) is 11.8 Å². The minimum Gasteiger partial charge on any atom is -0.385 e. The Kier molecular flexibility index (Phi) is 9.70. The first-order chi connectivity index (χ1) is 20.1. The zero-order valence-electron chi connectivity index (χ0n) is 23.0. The van der Waals surface area contributed by atoms with Gasteiger partial charge in [-0.15, -0.1) is 0 Å². The summed E-state index contributed by atoms with van der Waals surface area (Å²) in [5.41, 5.74) is -1.65. The molecule has 0 radical (unpaired) electrons. The van der Waals surface area contributed by atoms with Gasteiger partial charge in [0.15, 0.2) is 0 Å². The van der Waals surface area contributed by atoms with Crippen molar-refractivity contribution in [2.45, 2.75) is 62.1 Å². The molecule has 1 aliphatic heterocycles. The number of carbonyl (C=O) groups is 3. The number of halogens is 6. The van der Waals surface area contributed by atoms with E-state index in [1.807, 2.05) is 5.32 Å². The molecule has 2 aromatic carbocycles. The highest BCUT2D eigenvalue weighted by Gasteiger charge is 2.39. The van der Waals surface area contributed by atoms with Crippen molar-refractivity contribution in [2.24, 2.45) is 0 Å². The summed E-state index contributed by atoms with van der Waals surface area (Å²) in [4.78, 5) is 38.8. The second-order valence-electron chi connectivity index (χ2n) is 10.9. The number of likely N-dealkylation sites (tertiary alicyclic amines) is 1. The van der Waals surface area contributed by atoms with E-state index in [9.17, 15) is 45.8 Å². The Hall–Kier alpha value is -3.65. The Bertz CT molecular complexity index is 1310. The summed E-state index contributed by atoms with van der Waals surface area (Å²) >= 11 is 0. The minimum atomic E-state index is -4.59. The number of alkyl halides is 6. The lowest BCUT2D eigenvalue weighted by molar-refractivity contribution is -0.137. The van der Waals surface area contributed by atoms with Crippen molar-refractivity contribution >= 4 is 17.7 Å². The maximum atomic E-state index is 12.9. The number of hydrogen-bond donors (Lipinski definition) is 4. The smallest absolute Gasteiger partial charge is 0.385 e. The molecule has 2 aliphatic rings. The fourth-order valence-corrected chi connectivity index (χ4v) is 5.56. The number of nitrogens with one attached hydrogen (secondary N) is 3. The largest absolute Gasteiger partial charge is 0.416 e. The lowest BCUT2D eigenvalue weighted by Crippen LogP contribution is -2.45. The molecule has 4 N–H and O–H groups in total. The van der Waals surface area contributed by atoms with Crippen LogP contribution in [0.3, 0.4) is 0 Å². The van der Waals surface area contributed by atoms with E-state index >= 15 is 0 Å². The van der Waals surface area contributed by atoms with Gasteiger partial charge >= 0.3 is 12.4 Å². The number of hydrogen-bond acceptors (Lipinski definition) is 5. The molecule has 8 nitrogen and oxygen atoms in total. The fourth-order valence-electron chi connectivity index (χ4n) is 5.56. The van der Waals surface area contributed by atoms with Gasteiger partial charge < -0.3 is 21.1 Å². The fraction of sp³-hybridized carbons (Fsp3) is 0.483. The summed E-state index contributed by atoms with van der Waals surface area (Å²) < 4.78 is 75.7. The van der Waals surface area contributed by atoms with Crippen LogP contribution in [0.25, 0.3) is 0 Å². The Morgan fingerprint density at radius 3 is 2.16 bits per heavy atom. The van der Waals surface area contributed by atoms with Crippen LogP contribution in [0.2, 0.25) is 0 Å². The zero-order chi connectivity index (χ0) is 31.4. The molecule has 0 unspecified atom stereocenters. The third kappa shape index (κ3) is 8.69. The van der Waals surface area contributed by atoms with Crippen LogP contribution in [0.1, 0.15) is 63.9 Å². The molecular weight excluding hydrogens is 582 g/mol. The lowest BCUT2D eigenvalue weighted by atomic mass is 9.77. The minimum absolute atomic E-state index is 0.0608. The summed E-state index contributed by atoms with van der Waals surface area (Å²) in [6, 6.07) is 9.81. The van der Waals surface area contributed by atoms with Crippen molar-refractivity contribution in [1.29, 1.82) is 0 Å². The number of aliphatic hydroxyl groups is 1. The van der Waals surface area contributed by atoms with E-state index < -0.39 is 47.8 Å². The molecule has 234 valence electrons. The van der Waals surface area contributed by atoms with Crippen molar-refractivity contribution in [3.05, 3.63) is 70.8 Å². The summed E-state index contributed by atoms with van der Waals surface area (Å²) in [5, 5.41) is 18.2. The summed E-state index contributed by atoms with van der Waals surface area (Å²) in [6.45, 7) is -0.533. The molecule has 1 saturated heterocycles. The molecular formula is C29H32F6N4O4. The number of nitrogens with zero attached hydrogens (tertiary/aromatic N) is 1. The topological polar surface area (TPSA) is 111 Å². The van der Waals surface area contributed by atoms with E-state index in [0.717, 1.165) is 18.2 Å². The average molecular weight is 615 g/mol. The number of carbonyl (C=O) groups excluding carboxylic acids is 3. The van der Waals surface area contributed by atoms with Crippen LogP contribution in [0.15, 0.2) is 48.5 Å². The molecule has 1 saturated carbocycles. The molecule has 2 aromatic rings. The van der Waals surface area contributed by atoms with Gasteiger partial charge in [-0.2, -0.15) is 26.3 Å². The van der Waals surface area contributed by atoms with Crippen LogP contribution in [0.5, 0.6) is 0 Å². The highest BCUT2D eigenvalue weighted by molar-refractivity contribution is 5.96. The maximum absolute atomic E-state index is 12.9. The van der Waals surface area contributed by atoms with Gasteiger partial charge in [-0.25, -0.2) is 0 Å². The highest BCUT2D eigenvalue weighted by atomic mass is 19.4. The van der Waals surface area contributed by atoms with E-state index in [-0.39, 0.29) is 29.8 Å². The normalized spacial score (nSPS) is 23.0. The van der Waals surface area contributed by atoms with Gasteiger partial charge in [-0.05, 0) is 68.0 Å². The van der Waals surface area contributed by atoms with E-state index in [2.05, 4.69) is 15.5 Å². The monoisotopic (exact) mass is 614 g/mol. The van der Waals surface area contributed by atoms with Gasteiger partial charge in [0.05, 0.1) is 17.7 Å². The Morgan fingerprint density at radius 2 is 1.53 bits per heavy atom. The van der Waals surface area contributed by atoms with Crippen molar-refractivity contribution in [1.82, 2.24) is 20.9 Å². The molecule has 3 amide bonds. The standard InChI is InChI=1S/C29H32F6N4O4/c30-28(31,32)17-37-25(41)18-4-6-20(7-5-18)27(43)11-8-23(9-12-27)39-13-10-22(16-39)38-24(40)15-36-26(42)19-2-1-3-21(14-19)29(33,34)35/h1-7,14,22-23,43H,8-13,15-17H2,(H,36,42)(H,37,41)(H,38,40)/t22-,23?,27?/m1/s1. The van der Waals surface area contributed by atoms with Crippen molar-refractivity contribution in [3.8, 4) is 0 Å². The Balaban J connectivity index is 1.21.